The highest BCUT2D eigenvalue weighted by molar-refractivity contribution is 7.99. The van der Waals surface area contributed by atoms with Crippen LogP contribution in [0.1, 0.15) is 6.92 Å². The van der Waals surface area contributed by atoms with Gasteiger partial charge in [-0.25, -0.2) is 8.42 Å². The Labute approximate surface area is 158 Å². The maximum Gasteiger partial charge on any atom is 0.261 e. The minimum Gasteiger partial charge on any atom is -0.457 e. The van der Waals surface area contributed by atoms with Gasteiger partial charge in [-0.05, 0) is 54.3 Å². The summed E-state index contributed by atoms with van der Waals surface area (Å²) in [7, 11) is -3.66. The molecule has 3 aromatic carbocycles. The van der Waals surface area contributed by atoms with Crippen LogP contribution in [0.15, 0.2) is 88.7 Å². The van der Waals surface area contributed by atoms with E-state index in [-0.39, 0.29) is 4.90 Å². The van der Waals surface area contributed by atoms with Crippen LogP contribution in [-0.4, -0.2) is 14.2 Å². The van der Waals surface area contributed by atoms with Crippen molar-refractivity contribution in [3.8, 4) is 11.5 Å². The Morgan fingerprint density at radius 1 is 0.846 bits per heavy atom. The van der Waals surface area contributed by atoms with Crippen molar-refractivity contribution < 1.29 is 13.2 Å². The topological polar surface area (TPSA) is 55.4 Å². The van der Waals surface area contributed by atoms with Crippen molar-refractivity contribution in [1.82, 2.24) is 0 Å². The molecule has 0 fully saturated rings. The second-order valence-electron chi connectivity index (χ2n) is 5.42. The van der Waals surface area contributed by atoms with Crippen LogP contribution in [0.2, 0.25) is 0 Å². The second-order valence-corrected chi connectivity index (χ2v) is 8.41. The number of para-hydroxylation sites is 2. The molecule has 0 aromatic heterocycles. The molecule has 6 heteroatoms. The lowest BCUT2D eigenvalue weighted by molar-refractivity contribution is 0.482. The molecule has 0 amide bonds. The van der Waals surface area contributed by atoms with Gasteiger partial charge in [-0.2, -0.15) is 0 Å². The van der Waals surface area contributed by atoms with Gasteiger partial charge in [-0.1, -0.05) is 37.3 Å². The van der Waals surface area contributed by atoms with Crippen molar-refractivity contribution in [2.45, 2.75) is 16.7 Å². The van der Waals surface area contributed by atoms with Gasteiger partial charge < -0.3 is 4.74 Å². The van der Waals surface area contributed by atoms with Gasteiger partial charge in [0.15, 0.2) is 0 Å². The number of thioether (sulfide) groups is 1. The molecule has 0 unspecified atom stereocenters. The summed E-state index contributed by atoms with van der Waals surface area (Å²) in [6.45, 7) is 2.03. The predicted octanol–water partition coefficient (Wildman–Crippen LogP) is 5.39. The van der Waals surface area contributed by atoms with Gasteiger partial charge in [0.25, 0.3) is 10.0 Å². The van der Waals surface area contributed by atoms with Gasteiger partial charge in [-0.3, -0.25) is 4.72 Å². The molecule has 134 valence electrons. The molecule has 0 saturated carbocycles. The van der Waals surface area contributed by atoms with E-state index in [9.17, 15) is 8.42 Å². The molecule has 0 heterocycles. The van der Waals surface area contributed by atoms with Gasteiger partial charge in [0.1, 0.15) is 11.5 Å². The average Bonchev–Trinajstić information content (AvgIpc) is 2.65. The van der Waals surface area contributed by atoms with E-state index in [2.05, 4.69) is 4.72 Å². The zero-order chi connectivity index (χ0) is 18.4. The molecule has 26 heavy (non-hydrogen) atoms. The van der Waals surface area contributed by atoms with Gasteiger partial charge in [0, 0.05) is 4.90 Å². The summed E-state index contributed by atoms with van der Waals surface area (Å²) in [6, 6.07) is 23.1. The fourth-order valence-corrected chi connectivity index (χ4v) is 4.25. The summed E-state index contributed by atoms with van der Waals surface area (Å²) < 4.78 is 33.7. The van der Waals surface area contributed by atoms with Gasteiger partial charge in [0.2, 0.25) is 0 Å². The van der Waals surface area contributed by atoms with Crippen LogP contribution < -0.4 is 9.46 Å². The third kappa shape index (κ3) is 4.59. The van der Waals surface area contributed by atoms with Crippen LogP contribution in [0.4, 0.5) is 5.69 Å². The first kappa shape index (κ1) is 18.4. The van der Waals surface area contributed by atoms with Crippen LogP contribution in [0, 0.1) is 0 Å². The highest BCUT2D eigenvalue weighted by Gasteiger charge is 2.16. The van der Waals surface area contributed by atoms with Crippen LogP contribution in [0.3, 0.4) is 0 Å². The van der Waals surface area contributed by atoms with Crippen LogP contribution in [-0.2, 0) is 10.0 Å². The smallest absolute Gasteiger partial charge is 0.261 e. The Kier molecular flexibility index (Phi) is 5.85. The molecule has 0 atom stereocenters. The maximum absolute atomic E-state index is 12.7. The highest BCUT2D eigenvalue weighted by atomic mass is 32.2. The van der Waals surface area contributed by atoms with Gasteiger partial charge >= 0.3 is 0 Å². The third-order valence-electron chi connectivity index (χ3n) is 3.54. The summed E-state index contributed by atoms with van der Waals surface area (Å²) in [5.74, 6) is 2.15. The van der Waals surface area contributed by atoms with E-state index >= 15 is 0 Å². The Hall–Kier alpha value is -2.44. The van der Waals surface area contributed by atoms with E-state index in [0.29, 0.717) is 17.2 Å². The van der Waals surface area contributed by atoms with E-state index in [1.165, 1.54) is 12.1 Å². The Morgan fingerprint density at radius 3 is 2.15 bits per heavy atom. The molecular weight excluding hydrogens is 366 g/mol. The number of hydrogen-bond donors (Lipinski definition) is 1. The zero-order valence-corrected chi connectivity index (χ0v) is 15.9. The van der Waals surface area contributed by atoms with Crippen LogP contribution in [0.25, 0.3) is 0 Å². The summed E-state index contributed by atoms with van der Waals surface area (Å²) in [4.78, 5) is 1.09. The number of benzene rings is 3. The van der Waals surface area contributed by atoms with Crippen molar-refractivity contribution in [2.75, 3.05) is 10.5 Å². The van der Waals surface area contributed by atoms with Crippen molar-refractivity contribution in [3.05, 3.63) is 78.9 Å². The van der Waals surface area contributed by atoms with Crippen molar-refractivity contribution in [1.29, 1.82) is 0 Å². The number of ether oxygens (including phenoxy) is 1. The van der Waals surface area contributed by atoms with Crippen molar-refractivity contribution in [3.63, 3.8) is 0 Å². The lowest BCUT2D eigenvalue weighted by Crippen LogP contribution is -2.13. The first-order chi connectivity index (χ1) is 12.6. The summed E-state index contributed by atoms with van der Waals surface area (Å²) in [5, 5.41) is 0. The maximum atomic E-state index is 12.7. The lowest BCUT2D eigenvalue weighted by Gasteiger charge is -2.12. The largest absolute Gasteiger partial charge is 0.457 e. The zero-order valence-electron chi connectivity index (χ0n) is 14.3. The number of hydrogen-bond acceptors (Lipinski definition) is 4. The van der Waals surface area contributed by atoms with Gasteiger partial charge in [0.05, 0.1) is 10.6 Å². The summed E-state index contributed by atoms with van der Waals surface area (Å²) in [6.07, 6.45) is 0. The van der Waals surface area contributed by atoms with E-state index in [0.717, 1.165) is 10.6 Å². The molecule has 0 aliphatic rings. The fourth-order valence-electron chi connectivity index (χ4n) is 2.35. The molecule has 0 saturated heterocycles. The lowest BCUT2D eigenvalue weighted by atomic mass is 10.3. The van der Waals surface area contributed by atoms with Gasteiger partial charge in [-0.15, -0.1) is 11.8 Å². The molecule has 3 rings (SSSR count). The molecule has 0 aliphatic heterocycles. The van der Waals surface area contributed by atoms with Crippen molar-refractivity contribution >= 4 is 27.5 Å². The molecule has 4 nitrogen and oxygen atoms in total. The van der Waals surface area contributed by atoms with E-state index in [4.69, 9.17) is 4.74 Å². The minimum atomic E-state index is -3.66. The van der Waals surface area contributed by atoms with Crippen LogP contribution in [0.5, 0.6) is 11.5 Å². The van der Waals surface area contributed by atoms with E-state index < -0.39 is 10.0 Å². The highest BCUT2D eigenvalue weighted by Crippen LogP contribution is 2.29. The summed E-state index contributed by atoms with van der Waals surface area (Å²) >= 11 is 1.59. The molecule has 0 aliphatic carbocycles. The first-order valence-electron chi connectivity index (χ1n) is 8.16. The molecular formula is C20H19NO3S2. The standard InChI is InChI=1S/C20H19NO3S2/c1-2-25-20-11-7-6-10-19(20)21-26(22,23)18-14-12-17(13-15-18)24-16-8-4-3-5-9-16/h3-15,21H,2H2,1H3. The number of sulfonamides is 1. The minimum absolute atomic E-state index is 0.189. The average molecular weight is 386 g/mol. The SMILES string of the molecule is CCSc1ccccc1NS(=O)(=O)c1ccc(Oc2ccccc2)cc1. The molecule has 0 bridgehead atoms. The molecule has 3 aromatic rings. The summed E-state index contributed by atoms with van der Waals surface area (Å²) in [5.41, 5.74) is 0.587. The van der Waals surface area contributed by atoms with E-state index in [1.54, 1.807) is 30.0 Å². The Morgan fingerprint density at radius 2 is 1.46 bits per heavy atom. The Bertz CT molecular complexity index is 956. The number of anilines is 1. The normalized spacial score (nSPS) is 11.1. The predicted molar refractivity (Wildman–Crippen MR) is 107 cm³/mol. The monoisotopic (exact) mass is 385 g/mol. The third-order valence-corrected chi connectivity index (χ3v) is 5.88. The number of nitrogens with one attached hydrogen (secondary N) is 1. The molecule has 0 radical (unpaired) electrons. The molecule has 1 N–H and O–H groups in total. The quantitative estimate of drug-likeness (QED) is 0.554. The second kappa shape index (κ2) is 8.29. The first-order valence-corrected chi connectivity index (χ1v) is 10.6. The molecule has 0 spiro atoms. The van der Waals surface area contributed by atoms with Crippen molar-refractivity contribution in [2.24, 2.45) is 0 Å². The Balaban J connectivity index is 1.77. The fraction of sp³-hybridized carbons (Fsp3) is 0.100. The van der Waals surface area contributed by atoms with Crippen LogP contribution >= 0.6 is 11.8 Å². The van der Waals surface area contributed by atoms with E-state index in [1.807, 2.05) is 55.5 Å². The number of rotatable bonds is 7.